The van der Waals surface area contributed by atoms with Crippen molar-refractivity contribution < 1.29 is 27.6 Å². The quantitative estimate of drug-likeness (QED) is 0.553. The molecule has 0 heterocycles. The Morgan fingerprint density at radius 1 is 0.862 bits per heavy atom. The van der Waals surface area contributed by atoms with Crippen LogP contribution in [0.15, 0.2) is 48.5 Å². The maximum absolute atomic E-state index is 12.7. The highest BCUT2D eigenvalue weighted by molar-refractivity contribution is 6.00. The first-order chi connectivity index (χ1) is 13.6. The van der Waals surface area contributed by atoms with Crippen molar-refractivity contribution in [2.45, 2.75) is 13.1 Å². The molecule has 10 heteroatoms. The summed E-state index contributed by atoms with van der Waals surface area (Å²) >= 11 is 0. The predicted molar refractivity (Wildman–Crippen MR) is 102 cm³/mol. The van der Waals surface area contributed by atoms with E-state index in [4.69, 9.17) is 0 Å². The number of amides is 4. The number of benzene rings is 2. The fourth-order valence-corrected chi connectivity index (χ4v) is 2.29. The number of carbonyl (C=O) groups excluding carboxylic acids is 3. The number of halogens is 3. The molecule has 0 fully saturated rings. The zero-order chi connectivity index (χ0) is 21.4. The van der Waals surface area contributed by atoms with Crippen molar-refractivity contribution in [3.8, 4) is 0 Å². The molecule has 0 saturated heterocycles. The number of alkyl halides is 3. The summed E-state index contributed by atoms with van der Waals surface area (Å²) in [6.07, 6.45) is -4.51. The molecule has 0 aliphatic carbocycles. The zero-order valence-electron chi connectivity index (χ0n) is 15.4. The third-order valence-electron chi connectivity index (χ3n) is 3.64. The van der Waals surface area contributed by atoms with Crippen molar-refractivity contribution in [3.05, 3.63) is 59.7 Å². The van der Waals surface area contributed by atoms with Gasteiger partial charge in [-0.3, -0.25) is 9.59 Å². The minimum absolute atomic E-state index is 0.00695. The minimum Gasteiger partial charge on any atom is -0.355 e. The number of rotatable bonds is 6. The molecular weight excluding hydrogens is 389 g/mol. The highest BCUT2D eigenvalue weighted by atomic mass is 19.4. The van der Waals surface area contributed by atoms with Gasteiger partial charge in [0.2, 0.25) is 5.91 Å². The second-order valence-corrected chi connectivity index (χ2v) is 5.97. The molecule has 2 rings (SSSR count). The smallest absolute Gasteiger partial charge is 0.355 e. The Hall–Kier alpha value is -3.56. The van der Waals surface area contributed by atoms with Gasteiger partial charge in [-0.2, -0.15) is 13.2 Å². The topological polar surface area (TPSA) is 99.3 Å². The van der Waals surface area contributed by atoms with Crippen molar-refractivity contribution >= 4 is 29.2 Å². The van der Waals surface area contributed by atoms with Crippen LogP contribution in [0, 0.1) is 0 Å². The lowest BCUT2D eigenvalue weighted by Gasteiger charge is -2.11. The number of anilines is 2. The van der Waals surface area contributed by atoms with Crippen LogP contribution in [-0.4, -0.2) is 30.9 Å². The molecule has 154 valence electrons. The monoisotopic (exact) mass is 408 g/mol. The SMILES string of the molecule is CC(=O)NCCNC(=O)c1ccc(NC(=O)Nc2cccc(C(F)(F)F)c2)cc1. The van der Waals surface area contributed by atoms with E-state index in [2.05, 4.69) is 21.3 Å². The average molecular weight is 408 g/mol. The van der Waals surface area contributed by atoms with Crippen LogP contribution in [0.25, 0.3) is 0 Å². The molecule has 0 saturated carbocycles. The summed E-state index contributed by atoms with van der Waals surface area (Å²) in [5.74, 6) is -0.548. The molecule has 0 radical (unpaired) electrons. The number of urea groups is 1. The van der Waals surface area contributed by atoms with Crippen LogP contribution in [0.5, 0.6) is 0 Å². The molecule has 0 bridgehead atoms. The van der Waals surface area contributed by atoms with Crippen molar-refractivity contribution in [3.63, 3.8) is 0 Å². The van der Waals surface area contributed by atoms with Crippen LogP contribution >= 0.6 is 0 Å². The number of nitrogens with one attached hydrogen (secondary N) is 4. The van der Waals surface area contributed by atoms with Gasteiger partial charge in [-0.05, 0) is 42.5 Å². The Morgan fingerprint density at radius 2 is 1.48 bits per heavy atom. The van der Waals surface area contributed by atoms with Crippen molar-refractivity contribution in [2.75, 3.05) is 23.7 Å². The molecule has 0 aliphatic rings. The first kappa shape index (κ1) is 21.7. The Morgan fingerprint density at radius 3 is 2.10 bits per heavy atom. The van der Waals surface area contributed by atoms with E-state index in [9.17, 15) is 27.6 Å². The van der Waals surface area contributed by atoms with E-state index in [-0.39, 0.29) is 24.0 Å². The summed E-state index contributed by atoms with van der Waals surface area (Å²) in [6.45, 7) is 1.94. The molecule has 0 unspecified atom stereocenters. The van der Waals surface area contributed by atoms with Crippen molar-refractivity contribution in [1.29, 1.82) is 0 Å². The van der Waals surface area contributed by atoms with E-state index in [0.717, 1.165) is 12.1 Å². The normalized spacial score (nSPS) is 10.8. The van der Waals surface area contributed by atoms with Crippen LogP contribution in [0.1, 0.15) is 22.8 Å². The van der Waals surface area contributed by atoms with E-state index < -0.39 is 17.8 Å². The van der Waals surface area contributed by atoms with E-state index >= 15 is 0 Å². The van der Waals surface area contributed by atoms with Gasteiger partial charge in [-0.1, -0.05) is 6.07 Å². The van der Waals surface area contributed by atoms with Gasteiger partial charge in [0.25, 0.3) is 5.91 Å². The second-order valence-electron chi connectivity index (χ2n) is 5.97. The van der Waals surface area contributed by atoms with E-state index in [1.807, 2.05) is 0 Å². The zero-order valence-corrected chi connectivity index (χ0v) is 15.4. The van der Waals surface area contributed by atoms with Crippen molar-refractivity contribution in [2.24, 2.45) is 0 Å². The molecular formula is C19H19F3N4O3. The molecule has 4 N–H and O–H groups in total. The Labute approximate surface area is 164 Å². The Kier molecular flexibility index (Phi) is 7.18. The lowest BCUT2D eigenvalue weighted by atomic mass is 10.2. The van der Waals surface area contributed by atoms with Gasteiger partial charge in [0.05, 0.1) is 5.56 Å². The lowest BCUT2D eigenvalue weighted by Crippen LogP contribution is -2.33. The summed E-state index contributed by atoms with van der Waals surface area (Å²) in [4.78, 5) is 34.7. The standard InChI is InChI=1S/C19H19F3N4O3/c1-12(27)23-9-10-24-17(28)13-5-7-15(8-6-13)25-18(29)26-16-4-2-3-14(11-16)19(20,21)22/h2-8,11H,9-10H2,1H3,(H,23,27)(H,24,28)(H2,25,26,29). The van der Waals surface area contributed by atoms with Crippen LogP contribution in [0.3, 0.4) is 0 Å². The molecule has 0 aliphatic heterocycles. The molecule has 0 spiro atoms. The summed E-state index contributed by atoms with van der Waals surface area (Å²) in [5, 5.41) is 9.95. The van der Waals surface area contributed by atoms with Gasteiger partial charge in [0.1, 0.15) is 0 Å². The van der Waals surface area contributed by atoms with Gasteiger partial charge >= 0.3 is 12.2 Å². The van der Waals surface area contributed by atoms with Crippen LogP contribution < -0.4 is 21.3 Å². The van der Waals surface area contributed by atoms with Gasteiger partial charge < -0.3 is 21.3 Å². The summed E-state index contributed by atoms with van der Waals surface area (Å²) in [6, 6.07) is 9.46. The summed E-state index contributed by atoms with van der Waals surface area (Å²) < 4.78 is 38.1. The van der Waals surface area contributed by atoms with E-state index in [1.54, 1.807) is 0 Å². The lowest BCUT2D eigenvalue weighted by molar-refractivity contribution is -0.137. The molecule has 29 heavy (non-hydrogen) atoms. The number of hydrogen-bond acceptors (Lipinski definition) is 3. The summed E-state index contributed by atoms with van der Waals surface area (Å²) in [7, 11) is 0. The maximum Gasteiger partial charge on any atom is 0.416 e. The van der Waals surface area contributed by atoms with Crippen LogP contribution in [0.2, 0.25) is 0 Å². The van der Waals surface area contributed by atoms with Crippen LogP contribution in [-0.2, 0) is 11.0 Å². The first-order valence-corrected chi connectivity index (χ1v) is 8.53. The molecule has 2 aromatic carbocycles. The Balaban J connectivity index is 1.88. The molecule has 7 nitrogen and oxygen atoms in total. The molecule has 2 aromatic rings. The summed E-state index contributed by atoms with van der Waals surface area (Å²) in [5.41, 5.74) is -0.183. The molecule has 4 amide bonds. The second kappa shape index (κ2) is 9.58. The van der Waals surface area contributed by atoms with Gasteiger partial charge in [-0.15, -0.1) is 0 Å². The van der Waals surface area contributed by atoms with Gasteiger partial charge in [-0.25, -0.2) is 4.79 Å². The fraction of sp³-hybridized carbons (Fsp3) is 0.211. The Bertz CT molecular complexity index is 883. The third-order valence-corrected chi connectivity index (χ3v) is 3.64. The van der Waals surface area contributed by atoms with E-state index in [1.165, 1.54) is 43.3 Å². The highest BCUT2D eigenvalue weighted by Gasteiger charge is 2.30. The number of carbonyl (C=O) groups is 3. The molecule has 0 aromatic heterocycles. The largest absolute Gasteiger partial charge is 0.416 e. The van der Waals surface area contributed by atoms with E-state index in [0.29, 0.717) is 17.8 Å². The van der Waals surface area contributed by atoms with Gasteiger partial charge in [0.15, 0.2) is 0 Å². The highest BCUT2D eigenvalue weighted by Crippen LogP contribution is 2.30. The molecule has 0 atom stereocenters. The fourth-order valence-electron chi connectivity index (χ4n) is 2.29. The first-order valence-electron chi connectivity index (χ1n) is 8.53. The predicted octanol–water partition coefficient (Wildman–Crippen LogP) is 3.22. The third kappa shape index (κ3) is 7.17. The average Bonchev–Trinajstić information content (AvgIpc) is 2.65. The number of hydrogen-bond donors (Lipinski definition) is 4. The van der Waals surface area contributed by atoms with Crippen LogP contribution in [0.4, 0.5) is 29.3 Å². The maximum atomic E-state index is 12.7. The van der Waals surface area contributed by atoms with Crippen molar-refractivity contribution in [1.82, 2.24) is 10.6 Å². The minimum atomic E-state index is -4.51. The van der Waals surface area contributed by atoms with Gasteiger partial charge in [0, 0.05) is 37.0 Å².